The average molecular weight is 499 g/mol. The van der Waals surface area contributed by atoms with E-state index in [1.807, 2.05) is 42.5 Å². The van der Waals surface area contributed by atoms with E-state index in [-0.39, 0.29) is 15.5 Å². The predicted molar refractivity (Wildman–Crippen MR) is 130 cm³/mol. The summed E-state index contributed by atoms with van der Waals surface area (Å²) in [4.78, 5) is 24.8. The third-order valence-electron chi connectivity index (χ3n) is 5.47. The summed E-state index contributed by atoms with van der Waals surface area (Å²) in [5.74, 6) is -1.41. The van der Waals surface area contributed by atoms with E-state index in [2.05, 4.69) is 5.32 Å². The largest absolute Gasteiger partial charge is 0.452 e. The zero-order valence-corrected chi connectivity index (χ0v) is 19.8. The monoisotopic (exact) mass is 498 g/mol. The third kappa shape index (κ3) is 5.47. The Bertz CT molecular complexity index is 1290. The second-order valence-electron chi connectivity index (χ2n) is 7.82. The summed E-state index contributed by atoms with van der Waals surface area (Å²) < 4.78 is 32.0. The van der Waals surface area contributed by atoms with Crippen LogP contribution in [0.15, 0.2) is 77.7 Å². The minimum Gasteiger partial charge on any atom is -0.452 e. The molecule has 3 aromatic carbocycles. The summed E-state index contributed by atoms with van der Waals surface area (Å²) in [6.07, 6.45) is 1.59. The van der Waals surface area contributed by atoms with E-state index in [0.717, 1.165) is 24.0 Å². The van der Waals surface area contributed by atoms with Crippen molar-refractivity contribution in [3.05, 3.63) is 83.4 Å². The fourth-order valence-electron chi connectivity index (χ4n) is 3.68. The highest BCUT2D eigenvalue weighted by Gasteiger charge is 2.28. The number of amides is 1. The molecule has 0 bridgehead atoms. The molecular weight excluding hydrogens is 476 g/mol. The van der Waals surface area contributed by atoms with Crippen molar-refractivity contribution >= 4 is 39.2 Å². The Morgan fingerprint density at radius 1 is 0.912 bits per heavy atom. The minimum absolute atomic E-state index is 0.0336. The van der Waals surface area contributed by atoms with Crippen LogP contribution in [0.2, 0.25) is 5.02 Å². The molecule has 34 heavy (non-hydrogen) atoms. The second-order valence-corrected chi connectivity index (χ2v) is 10.2. The Kier molecular flexibility index (Phi) is 7.31. The number of hydrogen-bond acceptors (Lipinski definition) is 5. The van der Waals surface area contributed by atoms with Crippen LogP contribution in [-0.2, 0) is 19.6 Å². The Labute approximate surface area is 203 Å². The number of hydrogen-bond donors (Lipinski definition) is 1. The number of nitrogens with zero attached hydrogens (tertiary/aromatic N) is 1. The molecule has 0 spiro atoms. The number of benzene rings is 3. The molecule has 0 aliphatic carbocycles. The number of sulfonamides is 1. The number of carbonyl (C=O) groups is 2. The van der Waals surface area contributed by atoms with Crippen LogP contribution in [0.5, 0.6) is 0 Å². The molecule has 0 unspecified atom stereocenters. The molecule has 4 rings (SSSR count). The van der Waals surface area contributed by atoms with Gasteiger partial charge < -0.3 is 10.1 Å². The maximum absolute atomic E-state index is 12.8. The lowest BCUT2D eigenvalue weighted by Gasteiger charge is -2.16. The molecule has 1 fully saturated rings. The van der Waals surface area contributed by atoms with Crippen LogP contribution < -0.4 is 5.32 Å². The topological polar surface area (TPSA) is 92.8 Å². The smallest absolute Gasteiger partial charge is 0.340 e. The third-order valence-corrected chi connectivity index (χ3v) is 7.69. The number of ether oxygens (including phenoxy) is 1. The number of anilines is 1. The highest BCUT2D eigenvalue weighted by molar-refractivity contribution is 7.89. The average Bonchev–Trinajstić information content (AvgIpc) is 3.40. The van der Waals surface area contributed by atoms with Gasteiger partial charge in [0.25, 0.3) is 5.91 Å². The van der Waals surface area contributed by atoms with E-state index in [1.165, 1.54) is 22.5 Å². The Morgan fingerprint density at radius 3 is 2.24 bits per heavy atom. The molecule has 1 heterocycles. The van der Waals surface area contributed by atoms with Crippen molar-refractivity contribution in [1.29, 1.82) is 0 Å². The first-order valence-corrected chi connectivity index (χ1v) is 12.6. The van der Waals surface area contributed by atoms with Gasteiger partial charge in [-0.25, -0.2) is 13.2 Å². The Morgan fingerprint density at radius 2 is 1.56 bits per heavy atom. The van der Waals surface area contributed by atoms with Crippen LogP contribution in [0.4, 0.5) is 5.69 Å². The van der Waals surface area contributed by atoms with Gasteiger partial charge in [0.2, 0.25) is 10.0 Å². The van der Waals surface area contributed by atoms with Gasteiger partial charge in [-0.2, -0.15) is 4.31 Å². The van der Waals surface area contributed by atoms with Gasteiger partial charge in [-0.05, 0) is 54.3 Å². The summed E-state index contributed by atoms with van der Waals surface area (Å²) in [7, 11) is -3.72. The van der Waals surface area contributed by atoms with Gasteiger partial charge in [0.05, 0.1) is 15.5 Å². The highest BCUT2D eigenvalue weighted by atomic mass is 35.5. The molecule has 1 amide bonds. The molecule has 7 nitrogen and oxygen atoms in total. The van der Waals surface area contributed by atoms with Crippen LogP contribution in [0, 0.1) is 0 Å². The second kappa shape index (κ2) is 10.4. The van der Waals surface area contributed by atoms with Crippen LogP contribution in [-0.4, -0.2) is 44.3 Å². The molecule has 0 aromatic heterocycles. The van der Waals surface area contributed by atoms with Crippen molar-refractivity contribution in [3.8, 4) is 11.1 Å². The molecule has 0 atom stereocenters. The molecule has 1 N–H and O–H groups in total. The van der Waals surface area contributed by atoms with Gasteiger partial charge in [-0.1, -0.05) is 54.1 Å². The van der Waals surface area contributed by atoms with E-state index in [4.69, 9.17) is 16.3 Å². The number of esters is 1. The SMILES string of the molecule is O=C(COC(=O)c1cc(S(=O)(=O)N2CCCC2)ccc1Cl)Nc1ccc(-c2ccccc2)cc1. The molecule has 9 heteroatoms. The molecule has 1 aliphatic heterocycles. The van der Waals surface area contributed by atoms with E-state index in [1.54, 1.807) is 12.1 Å². The number of halogens is 1. The van der Waals surface area contributed by atoms with Gasteiger partial charge in [-0.15, -0.1) is 0 Å². The van der Waals surface area contributed by atoms with Gasteiger partial charge in [-0.3, -0.25) is 4.79 Å². The van der Waals surface area contributed by atoms with Gasteiger partial charge >= 0.3 is 5.97 Å². The molecule has 176 valence electrons. The van der Waals surface area contributed by atoms with E-state index >= 15 is 0 Å². The summed E-state index contributed by atoms with van der Waals surface area (Å²) in [6.45, 7) is 0.340. The zero-order valence-electron chi connectivity index (χ0n) is 18.2. The van der Waals surface area contributed by atoms with Crippen molar-refractivity contribution in [3.63, 3.8) is 0 Å². The van der Waals surface area contributed by atoms with Crippen LogP contribution in [0.25, 0.3) is 11.1 Å². The highest BCUT2D eigenvalue weighted by Crippen LogP contribution is 2.26. The molecule has 0 radical (unpaired) electrons. The van der Waals surface area contributed by atoms with Crippen molar-refractivity contribution < 1.29 is 22.7 Å². The fraction of sp³-hybridized carbons (Fsp3) is 0.200. The normalized spacial score (nSPS) is 14.0. The van der Waals surface area contributed by atoms with Gasteiger partial charge in [0.1, 0.15) is 0 Å². The number of rotatable bonds is 7. The van der Waals surface area contributed by atoms with Crippen molar-refractivity contribution in [2.24, 2.45) is 0 Å². The lowest BCUT2D eigenvalue weighted by atomic mass is 10.1. The summed E-state index contributed by atoms with van der Waals surface area (Å²) in [6, 6.07) is 21.0. The summed E-state index contributed by atoms with van der Waals surface area (Å²) in [5, 5.41) is 2.71. The standard InChI is InChI=1S/C25H23ClN2O5S/c26-23-13-12-21(34(31,32)28-14-4-5-15-28)16-22(23)25(30)33-17-24(29)27-20-10-8-19(9-11-20)18-6-2-1-3-7-18/h1-3,6-13,16H,4-5,14-15,17H2,(H,27,29). The molecule has 1 aliphatic rings. The molecule has 1 saturated heterocycles. The number of nitrogens with one attached hydrogen (secondary N) is 1. The summed E-state index contributed by atoms with van der Waals surface area (Å²) >= 11 is 6.10. The minimum atomic E-state index is -3.72. The lowest BCUT2D eigenvalue weighted by Crippen LogP contribution is -2.28. The first kappa shape index (κ1) is 23.9. The Balaban J connectivity index is 1.37. The Hall–Kier alpha value is -3.20. The van der Waals surface area contributed by atoms with Crippen molar-refractivity contribution in [2.75, 3.05) is 25.0 Å². The van der Waals surface area contributed by atoms with E-state index < -0.39 is 28.5 Å². The lowest BCUT2D eigenvalue weighted by molar-refractivity contribution is -0.119. The molecule has 3 aromatic rings. The first-order valence-electron chi connectivity index (χ1n) is 10.8. The number of carbonyl (C=O) groups excluding carboxylic acids is 2. The van der Waals surface area contributed by atoms with Crippen LogP contribution >= 0.6 is 11.6 Å². The fourth-order valence-corrected chi connectivity index (χ4v) is 5.42. The van der Waals surface area contributed by atoms with Gasteiger partial charge in [0.15, 0.2) is 6.61 Å². The molecular formula is C25H23ClN2O5S. The zero-order chi connectivity index (χ0) is 24.1. The summed E-state index contributed by atoms with van der Waals surface area (Å²) in [5.41, 5.74) is 2.50. The first-order chi connectivity index (χ1) is 16.3. The van der Waals surface area contributed by atoms with Crippen LogP contribution in [0.1, 0.15) is 23.2 Å². The van der Waals surface area contributed by atoms with Crippen LogP contribution in [0.3, 0.4) is 0 Å². The molecule has 0 saturated carbocycles. The van der Waals surface area contributed by atoms with E-state index in [0.29, 0.717) is 18.8 Å². The van der Waals surface area contributed by atoms with Crippen molar-refractivity contribution in [1.82, 2.24) is 4.31 Å². The van der Waals surface area contributed by atoms with Crippen molar-refractivity contribution in [2.45, 2.75) is 17.7 Å². The van der Waals surface area contributed by atoms with Gasteiger partial charge in [0, 0.05) is 18.8 Å². The quantitative estimate of drug-likeness (QED) is 0.481. The maximum Gasteiger partial charge on any atom is 0.340 e. The predicted octanol–water partition coefficient (Wildman–Crippen LogP) is 4.59. The maximum atomic E-state index is 12.8. The van der Waals surface area contributed by atoms with E-state index in [9.17, 15) is 18.0 Å².